The predicted molar refractivity (Wildman–Crippen MR) is 66.2 cm³/mol. The van der Waals surface area contributed by atoms with Gasteiger partial charge in [-0.15, -0.1) is 0 Å². The first-order chi connectivity index (χ1) is 8.92. The van der Waals surface area contributed by atoms with E-state index >= 15 is 0 Å². The summed E-state index contributed by atoms with van der Waals surface area (Å²) in [5.41, 5.74) is 0. The molecule has 1 rings (SSSR count). The summed E-state index contributed by atoms with van der Waals surface area (Å²) in [6, 6.07) is 0. The summed E-state index contributed by atoms with van der Waals surface area (Å²) in [6.07, 6.45) is -5.10. The Morgan fingerprint density at radius 3 is 2.47 bits per heavy atom. The van der Waals surface area contributed by atoms with Gasteiger partial charge in [-0.05, 0) is 6.42 Å². The van der Waals surface area contributed by atoms with Gasteiger partial charge in [0, 0.05) is 19.6 Å². The van der Waals surface area contributed by atoms with Gasteiger partial charge in [0.15, 0.2) is 6.29 Å². The largest absolute Gasteiger partial charge is 0.388 e. The van der Waals surface area contributed by atoms with Crippen molar-refractivity contribution in [1.82, 2.24) is 5.32 Å². The zero-order chi connectivity index (χ0) is 14.6. The lowest BCUT2D eigenvalue weighted by atomic mass is 9.98. The van der Waals surface area contributed by atoms with E-state index in [-0.39, 0.29) is 18.4 Å². The molecule has 1 aliphatic heterocycles. The molecule has 1 fully saturated rings. The molecule has 19 heavy (non-hydrogen) atoms. The molecule has 7 nitrogen and oxygen atoms in total. The second-order valence-electron chi connectivity index (χ2n) is 4.80. The number of hydrogen-bond acceptors (Lipinski definition) is 6. The summed E-state index contributed by atoms with van der Waals surface area (Å²) in [5, 5.41) is 31.7. The molecule has 0 bridgehead atoms. The highest BCUT2D eigenvalue weighted by Gasteiger charge is 2.43. The maximum absolute atomic E-state index is 11.6. The molecule has 0 unspecified atom stereocenters. The Morgan fingerprint density at radius 1 is 1.32 bits per heavy atom. The van der Waals surface area contributed by atoms with E-state index in [0.29, 0.717) is 6.42 Å². The molecule has 1 aliphatic rings. The Bertz CT molecular complexity index is 298. The zero-order valence-electron chi connectivity index (χ0n) is 11.4. The summed E-state index contributed by atoms with van der Waals surface area (Å²) in [5.74, 6) is -0.276. The minimum absolute atomic E-state index is 0.0496. The van der Waals surface area contributed by atoms with Gasteiger partial charge in [0.05, 0.1) is 0 Å². The number of hydrogen-bond donors (Lipinski definition) is 4. The Balaban J connectivity index is 2.55. The molecule has 1 amide bonds. The highest BCUT2D eigenvalue weighted by Crippen LogP contribution is 2.21. The quantitative estimate of drug-likeness (QED) is 0.492. The average Bonchev–Trinajstić information content (AvgIpc) is 2.42. The van der Waals surface area contributed by atoms with Crippen LogP contribution in [0.15, 0.2) is 0 Å². The topological polar surface area (TPSA) is 108 Å². The number of carbonyl (C=O) groups is 1. The van der Waals surface area contributed by atoms with Gasteiger partial charge in [0.2, 0.25) is 5.91 Å². The Labute approximate surface area is 112 Å². The minimum atomic E-state index is -1.37. The summed E-state index contributed by atoms with van der Waals surface area (Å²) in [7, 11) is 1.33. The summed E-state index contributed by atoms with van der Waals surface area (Å²) in [4.78, 5) is 11.6. The van der Waals surface area contributed by atoms with E-state index in [1.807, 2.05) is 6.92 Å². The highest BCUT2D eigenvalue weighted by molar-refractivity contribution is 5.78. The number of aliphatic hydroxyl groups is 3. The van der Waals surface area contributed by atoms with Crippen LogP contribution in [-0.4, -0.2) is 65.6 Å². The van der Waals surface area contributed by atoms with Crippen LogP contribution in [0.2, 0.25) is 0 Å². The van der Waals surface area contributed by atoms with Crippen LogP contribution in [0.4, 0.5) is 0 Å². The first-order valence-electron chi connectivity index (χ1n) is 6.42. The van der Waals surface area contributed by atoms with Gasteiger partial charge in [0.1, 0.15) is 24.4 Å². The van der Waals surface area contributed by atoms with E-state index < -0.39 is 30.7 Å². The Morgan fingerprint density at radius 2 is 1.95 bits per heavy atom. The van der Waals surface area contributed by atoms with Gasteiger partial charge in [-0.25, -0.2) is 0 Å². The van der Waals surface area contributed by atoms with Crippen LogP contribution in [0, 0.1) is 5.92 Å². The number of amides is 1. The first-order valence-corrected chi connectivity index (χ1v) is 6.42. The fraction of sp³-hybridized carbons (Fsp3) is 0.917. The van der Waals surface area contributed by atoms with E-state index in [1.165, 1.54) is 7.11 Å². The number of methoxy groups -OCH3 is 1. The second kappa shape index (κ2) is 7.16. The van der Waals surface area contributed by atoms with Crippen molar-refractivity contribution in [2.45, 2.75) is 51.0 Å². The number of ether oxygens (including phenoxy) is 2. The van der Waals surface area contributed by atoms with Crippen molar-refractivity contribution in [3.8, 4) is 0 Å². The van der Waals surface area contributed by atoms with Crippen LogP contribution in [0.5, 0.6) is 0 Å². The van der Waals surface area contributed by atoms with Crippen molar-refractivity contribution in [3.63, 3.8) is 0 Å². The lowest BCUT2D eigenvalue weighted by molar-refractivity contribution is -0.288. The molecule has 1 heterocycles. The molecule has 0 aromatic heterocycles. The molecule has 1 saturated heterocycles. The van der Waals surface area contributed by atoms with E-state index in [2.05, 4.69) is 5.32 Å². The summed E-state index contributed by atoms with van der Waals surface area (Å²) in [6.45, 7) is 3.75. The van der Waals surface area contributed by atoms with Gasteiger partial charge in [-0.1, -0.05) is 13.8 Å². The van der Waals surface area contributed by atoms with Gasteiger partial charge >= 0.3 is 0 Å². The van der Waals surface area contributed by atoms with Crippen molar-refractivity contribution < 1.29 is 29.6 Å². The van der Waals surface area contributed by atoms with Crippen molar-refractivity contribution in [1.29, 1.82) is 0 Å². The summed E-state index contributed by atoms with van der Waals surface area (Å²) < 4.78 is 10.2. The van der Waals surface area contributed by atoms with Gasteiger partial charge in [0.25, 0.3) is 0 Å². The molecule has 0 aliphatic carbocycles. The number of nitrogens with one attached hydrogen (secondary N) is 1. The van der Waals surface area contributed by atoms with Gasteiger partial charge in [-0.3, -0.25) is 4.79 Å². The van der Waals surface area contributed by atoms with Crippen molar-refractivity contribution >= 4 is 5.91 Å². The SMILES string of the molecule is CC[C@H](C)C(=O)NC[C@H]1O[C@H](OC)[C@@H](O)[C@@H](O)[C@@H]1O. The fourth-order valence-electron chi connectivity index (χ4n) is 1.84. The normalized spacial score (nSPS) is 36.8. The van der Waals surface area contributed by atoms with Crippen LogP contribution in [0.3, 0.4) is 0 Å². The highest BCUT2D eigenvalue weighted by atomic mass is 16.7. The molecular formula is C12H23NO6. The Kier molecular flexibility index (Phi) is 6.15. The number of aliphatic hydroxyl groups excluding tert-OH is 3. The monoisotopic (exact) mass is 277 g/mol. The minimum Gasteiger partial charge on any atom is -0.388 e. The molecule has 112 valence electrons. The first kappa shape index (κ1) is 16.3. The van der Waals surface area contributed by atoms with Crippen molar-refractivity contribution in [3.05, 3.63) is 0 Å². The van der Waals surface area contributed by atoms with E-state index in [4.69, 9.17) is 9.47 Å². The number of rotatable bonds is 5. The Hall–Kier alpha value is -0.730. The maximum atomic E-state index is 11.6. The lowest BCUT2D eigenvalue weighted by Gasteiger charge is -2.39. The fourth-order valence-corrected chi connectivity index (χ4v) is 1.84. The molecule has 0 aromatic carbocycles. The van der Waals surface area contributed by atoms with E-state index in [0.717, 1.165) is 0 Å². The molecule has 7 heteroatoms. The third-order valence-corrected chi connectivity index (χ3v) is 3.44. The van der Waals surface area contributed by atoms with Crippen LogP contribution < -0.4 is 5.32 Å². The lowest BCUT2D eigenvalue weighted by Crippen LogP contribution is -2.60. The molecule has 4 N–H and O–H groups in total. The molecule has 0 spiro atoms. The van der Waals surface area contributed by atoms with E-state index in [1.54, 1.807) is 6.92 Å². The third kappa shape index (κ3) is 3.87. The zero-order valence-corrected chi connectivity index (χ0v) is 11.4. The van der Waals surface area contributed by atoms with E-state index in [9.17, 15) is 20.1 Å². The van der Waals surface area contributed by atoms with Gasteiger partial charge < -0.3 is 30.1 Å². The molecule has 0 saturated carbocycles. The average molecular weight is 277 g/mol. The number of carbonyl (C=O) groups excluding carboxylic acids is 1. The van der Waals surface area contributed by atoms with Crippen LogP contribution in [0.1, 0.15) is 20.3 Å². The molecule has 6 atom stereocenters. The molecular weight excluding hydrogens is 254 g/mol. The predicted octanol–water partition coefficient (Wildman–Crippen LogP) is -1.40. The third-order valence-electron chi connectivity index (χ3n) is 3.44. The van der Waals surface area contributed by atoms with Crippen LogP contribution >= 0.6 is 0 Å². The van der Waals surface area contributed by atoms with Crippen LogP contribution in [-0.2, 0) is 14.3 Å². The van der Waals surface area contributed by atoms with Crippen LogP contribution in [0.25, 0.3) is 0 Å². The van der Waals surface area contributed by atoms with Crippen molar-refractivity contribution in [2.75, 3.05) is 13.7 Å². The maximum Gasteiger partial charge on any atom is 0.222 e. The second-order valence-corrected chi connectivity index (χ2v) is 4.80. The van der Waals surface area contributed by atoms with Gasteiger partial charge in [-0.2, -0.15) is 0 Å². The van der Waals surface area contributed by atoms with Crippen molar-refractivity contribution in [2.24, 2.45) is 5.92 Å². The molecule has 0 aromatic rings. The summed E-state index contributed by atoms with van der Waals surface area (Å²) >= 11 is 0. The standard InChI is InChI=1S/C12H23NO6/c1-4-6(2)11(17)13-5-7-8(14)9(15)10(16)12(18-3)19-7/h6-10,12,14-16H,4-5H2,1-3H3,(H,13,17)/t6-,7+,8+,9-,10-,12-/m0/s1. The smallest absolute Gasteiger partial charge is 0.222 e. The molecule has 0 radical (unpaired) electrons.